The normalized spacial score (nSPS) is 10.8. The van der Waals surface area contributed by atoms with Crippen molar-refractivity contribution in [1.82, 2.24) is 10.6 Å². The van der Waals surface area contributed by atoms with Crippen LogP contribution < -0.4 is 15.4 Å². The highest BCUT2D eigenvalue weighted by atomic mass is 127. The van der Waals surface area contributed by atoms with Gasteiger partial charge in [-0.1, -0.05) is 25.5 Å². The lowest BCUT2D eigenvalue weighted by molar-refractivity contribution is 0.203. The van der Waals surface area contributed by atoms with E-state index in [0.29, 0.717) is 6.61 Å². The van der Waals surface area contributed by atoms with Crippen LogP contribution in [0.1, 0.15) is 25.3 Å². The van der Waals surface area contributed by atoms with Gasteiger partial charge >= 0.3 is 0 Å². The van der Waals surface area contributed by atoms with Crippen LogP contribution in [-0.4, -0.2) is 46.4 Å². The topological polar surface area (TPSA) is 54.9 Å². The molecule has 0 bridgehead atoms. The first-order valence-corrected chi connectivity index (χ1v) is 7.95. The first-order valence-electron chi connectivity index (χ1n) is 7.95. The van der Waals surface area contributed by atoms with Gasteiger partial charge in [0.2, 0.25) is 0 Å². The number of rotatable bonds is 10. The predicted octanol–water partition coefficient (Wildman–Crippen LogP) is 2.84. The first kappa shape index (κ1) is 22.0. The molecule has 2 N–H and O–H groups in total. The zero-order valence-corrected chi connectivity index (χ0v) is 16.8. The quantitative estimate of drug-likeness (QED) is 0.257. The summed E-state index contributed by atoms with van der Waals surface area (Å²) in [5.41, 5.74) is 1.28. The number of unbranched alkanes of at least 4 members (excludes halogenated alkanes) is 1. The van der Waals surface area contributed by atoms with Gasteiger partial charge in [-0.05, 0) is 30.5 Å². The highest BCUT2D eigenvalue weighted by Gasteiger charge is 1.99. The number of aliphatic imine (C=N–C) groups is 1. The van der Waals surface area contributed by atoms with Crippen LogP contribution in [0.15, 0.2) is 29.3 Å². The molecule has 0 aliphatic rings. The van der Waals surface area contributed by atoms with Crippen LogP contribution in [0.2, 0.25) is 0 Å². The van der Waals surface area contributed by atoms with Crippen LogP contribution in [-0.2, 0) is 11.2 Å². The van der Waals surface area contributed by atoms with E-state index in [1.54, 1.807) is 14.2 Å². The van der Waals surface area contributed by atoms with Crippen LogP contribution in [0.3, 0.4) is 0 Å². The summed E-state index contributed by atoms with van der Waals surface area (Å²) in [6.07, 6.45) is 3.20. The van der Waals surface area contributed by atoms with Gasteiger partial charge in [0.05, 0.1) is 13.2 Å². The summed E-state index contributed by atoms with van der Waals surface area (Å²) in [6, 6.07) is 8.31. The summed E-state index contributed by atoms with van der Waals surface area (Å²) in [6.45, 7) is 5.21. The molecule has 0 fully saturated rings. The minimum Gasteiger partial charge on any atom is -0.494 e. The van der Waals surface area contributed by atoms with Crippen molar-refractivity contribution < 1.29 is 9.47 Å². The summed E-state index contributed by atoms with van der Waals surface area (Å²) in [5, 5.41) is 6.47. The van der Waals surface area contributed by atoms with E-state index in [-0.39, 0.29) is 24.0 Å². The number of benzene rings is 1. The maximum Gasteiger partial charge on any atom is 0.191 e. The second kappa shape index (κ2) is 14.6. The Morgan fingerprint density at radius 2 is 1.78 bits per heavy atom. The van der Waals surface area contributed by atoms with E-state index >= 15 is 0 Å². The maximum absolute atomic E-state index is 5.66. The third kappa shape index (κ3) is 10.4. The molecular formula is C17H30IN3O2. The minimum atomic E-state index is 0. The van der Waals surface area contributed by atoms with Crippen LogP contribution >= 0.6 is 24.0 Å². The molecule has 6 heteroatoms. The van der Waals surface area contributed by atoms with Gasteiger partial charge < -0.3 is 20.1 Å². The van der Waals surface area contributed by atoms with Gasteiger partial charge in [0.15, 0.2) is 5.96 Å². The summed E-state index contributed by atoms with van der Waals surface area (Å²) in [4.78, 5) is 4.17. The molecule has 0 aliphatic carbocycles. The Kier molecular flexibility index (Phi) is 13.9. The summed E-state index contributed by atoms with van der Waals surface area (Å²) < 4.78 is 10.7. The van der Waals surface area contributed by atoms with Gasteiger partial charge in [-0.3, -0.25) is 4.99 Å². The number of nitrogens with one attached hydrogen (secondary N) is 2. The molecule has 0 saturated carbocycles. The van der Waals surface area contributed by atoms with E-state index in [1.807, 2.05) is 12.1 Å². The van der Waals surface area contributed by atoms with Crippen LogP contribution in [0.5, 0.6) is 5.75 Å². The third-order valence-electron chi connectivity index (χ3n) is 3.22. The van der Waals surface area contributed by atoms with Gasteiger partial charge in [0.1, 0.15) is 5.75 Å². The zero-order chi connectivity index (χ0) is 16.0. The van der Waals surface area contributed by atoms with Crippen molar-refractivity contribution in [3.8, 4) is 5.75 Å². The van der Waals surface area contributed by atoms with Gasteiger partial charge in [0.25, 0.3) is 0 Å². The molecule has 0 amide bonds. The molecule has 5 nitrogen and oxygen atoms in total. The number of ether oxygens (including phenoxy) is 2. The molecule has 1 rings (SSSR count). The molecule has 132 valence electrons. The van der Waals surface area contributed by atoms with E-state index in [2.05, 4.69) is 34.7 Å². The van der Waals surface area contributed by atoms with Crippen molar-refractivity contribution in [3.05, 3.63) is 29.8 Å². The molecule has 0 saturated heterocycles. The molecule has 1 aromatic carbocycles. The summed E-state index contributed by atoms with van der Waals surface area (Å²) >= 11 is 0. The van der Waals surface area contributed by atoms with Crippen molar-refractivity contribution >= 4 is 29.9 Å². The molecule has 0 unspecified atom stereocenters. The standard InChI is InChI=1S/C17H29N3O2.HI/c1-4-5-13-22-16-8-6-15(7-9-16)10-11-19-17(18-2)20-12-14-21-3;/h6-9H,4-5,10-14H2,1-3H3,(H2,18,19,20);1H. The molecule has 0 atom stereocenters. The fourth-order valence-corrected chi connectivity index (χ4v) is 1.90. The van der Waals surface area contributed by atoms with E-state index in [9.17, 15) is 0 Å². The summed E-state index contributed by atoms with van der Waals surface area (Å²) in [5.74, 6) is 1.75. The molecule has 0 spiro atoms. The average Bonchev–Trinajstić information content (AvgIpc) is 2.55. The minimum absolute atomic E-state index is 0. The largest absolute Gasteiger partial charge is 0.494 e. The molecule has 1 aromatic rings. The van der Waals surface area contributed by atoms with Crippen molar-refractivity contribution in [2.24, 2.45) is 4.99 Å². The number of halogens is 1. The Hall–Kier alpha value is -1.02. The van der Waals surface area contributed by atoms with Crippen molar-refractivity contribution in [2.45, 2.75) is 26.2 Å². The maximum atomic E-state index is 5.66. The Bertz CT molecular complexity index is 424. The number of hydrogen-bond acceptors (Lipinski definition) is 3. The van der Waals surface area contributed by atoms with E-state index in [0.717, 1.165) is 50.7 Å². The number of nitrogens with zero attached hydrogens (tertiary/aromatic N) is 1. The van der Waals surface area contributed by atoms with Crippen LogP contribution in [0.25, 0.3) is 0 Å². The van der Waals surface area contributed by atoms with Crippen molar-refractivity contribution in [1.29, 1.82) is 0 Å². The van der Waals surface area contributed by atoms with Crippen molar-refractivity contribution in [2.75, 3.05) is 40.5 Å². The number of methoxy groups -OCH3 is 1. The molecule has 23 heavy (non-hydrogen) atoms. The lowest BCUT2D eigenvalue weighted by Gasteiger charge is -2.11. The smallest absolute Gasteiger partial charge is 0.191 e. The Morgan fingerprint density at radius 3 is 2.39 bits per heavy atom. The van der Waals surface area contributed by atoms with E-state index < -0.39 is 0 Å². The Balaban J connectivity index is 0.00000484. The van der Waals surface area contributed by atoms with Crippen LogP contribution in [0, 0.1) is 0 Å². The molecular weight excluding hydrogens is 405 g/mol. The highest BCUT2D eigenvalue weighted by molar-refractivity contribution is 14.0. The summed E-state index contributed by atoms with van der Waals surface area (Å²) in [7, 11) is 3.46. The second-order valence-electron chi connectivity index (χ2n) is 5.01. The van der Waals surface area contributed by atoms with Crippen LogP contribution in [0.4, 0.5) is 0 Å². The monoisotopic (exact) mass is 435 g/mol. The van der Waals surface area contributed by atoms with Crippen molar-refractivity contribution in [3.63, 3.8) is 0 Å². The van der Waals surface area contributed by atoms with Gasteiger partial charge in [-0.15, -0.1) is 24.0 Å². The average molecular weight is 435 g/mol. The third-order valence-corrected chi connectivity index (χ3v) is 3.22. The second-order valence-corrected chi connectivity index (χ2v) is 5.01. The molecule has 0 radical (unpaired) electrons. The fraction of sp³-hybridized carbons (Fsp3) is 0.588. The number of hydrogen-bond donors (Lipinski definition) is 2. The van der Waals surface area contributed by atoms with Gasteiger partial charge in [-0.2, -0.15) is 0 Å². The first-order chi connectivity index (χ1) is 10.8. The Labute approximate surface area is 157 Å². The highest BCUT2D eigenvalue weighted by Crippen LogP contribution is 2.12. The van der Waals surface area contributed by atoms with Gasteiger partial charge in [-0.25, -0.2) is 0 Å². The molecule has 0 heterocycles. The zero-order valence-electron chi connectivity index (χ0n) is 14.4. The molecule has 0 aromatic heterocycles. The number of guanidine groups is 1. The van der Waals surface area contributed by atoms with E-state index in [4.69, 9.17) is 9.47 Å². The van der Waals surface area contributed by atoms with E-state index in [1.165, 1.54) is 5.56 Å². The molecule has 0 aliphatic heterocycles. The van der Waals surface area contributed by atoms with Gasteiger partial charge in [0, 0.05) is 27.2 Å². The predicted molar refractivity (Wildman–Crippen MR) is 107 cm³/mol. The Morgan fingerprint density at radius 1 is 1.09 bits per heavy atom. The fourth-order valence-electron chi connectivity index (χ4n) is 1.90. The lowest BCUT2D eigenvalue weighted by atomic mass is 10.1. The SMILES string of the molecule is CCCCOc1ccc(CCNC(=NC)NCCOC)cc1.I. The lowest BCUT2D eigenvalue weighted by Crippen LogP contribution is -2.39.